The van der Waals surface area contributed by atoms with E-state index in [0.717, 1.165) is 34.0 Å². The van der Waals surface area contributed by atoms with E-state index in [1.165, 1.54) is 56.4 Å². The first-order chi connectivity index (χ1) is 12.2. The normalized spacial score (nSPS) is 33.1. The van der Waals surface area contributed by atoms with E-state index in [4.69, 9.17) is 9.28 Å². The molecule has 0 N–H and O–H groups in total. The number of rotatable bonds is 4. The van der Waals surface area contributed by atoms with E-state index in [2.05, 4.69) is 41.0 Å². The van der Waals surface area contributed by atoms with Gasteiger partial charge in [-0.25, -0.2) is 0 Å². The molecule has 4 saturated carbocycles. The standard InChI is InChI=1S/C20H25N3OS/c1-23-18(16-3-5-17(6-4-16)25-24-2)21-22-19(23)20-10-13-7-14(11-20)9-15(8-13)12-20/h3-6,13-15H,7-12H2,1-2H3. The van der Waals surface area contributed by atoms with Crippen LogP contribution in [0.3, 0.4) is 0 Å². The van der Waals surface area contributed by atoms with E-state index < -0.39 is 0 Å². The molecule has 0 radical (unpaired) electrons. The fourth-order valence-corrected chi connectivity index (χ4v) is 6.62. The van der Waals surface area contributed by atoms with Gasteiger partial charge in [-0.3, -0.25) is 0 Å². The molecule has 4 aliphatic rings. The molecule has 0 spiro atoms. The van der Waals surface area contributed by atoms with Crippen molar-refractivity contribution in [3.05, 3.63) is 30.1 Å². The van der Waals surface area contributed by atoms with Crippen molar-refractivity contribution in [2.24, 2.45) is 24.8 Å². The summed E-state index contributed by atoms with van der Waals surface area (Å²) in [4.78, 5) is 1.11. The lowest BCUT2D eigenvalue weighted by Gasteiger charge is -2.56. The summed E-state index contributed by atoms with van der Waals surface area (Å²) in [5.74, 6) is 5.00. The van der Waals surface area contributed by atoms with E-state index in [9.17, 15) is 0 Å². The van der Waals surface area contributed by atoms with E-state index in [1.807, 2.05) is 0 Å². The predicted octanol–water partition coefficient (Wildman–Crippen LogP) is 4.60. The second kappa shape index (κ2) is 5.85. The molecule has 6 rings (SSSR count). The second-order valence-corrected chi connectivity index (χ2v) is 9.35. The van der Waals surface area contributed by atoms with E-state index in [0.29, 0.717) is 5.41 Å². The second-order valence-electron chi connectivity index (χ2n) is 8.38. The molecule has 0 aliphatic heterocycles. The van der Waals surface area contributed by atoms with Crippen molar-refractivity contribution in [2.75, 3.05) is 7.11 Å². The third kappa shape index (κ3) is 2.55. The van der Waals surface area contributed by atoms with Crippen molar-refractivity contribution in [3.63, 3.8) is 0 Å². The summed E-state index contributed by atoms with van der Waals surface area (Å²) >= 11 is 1.38. The molecule has 1 heterocycles. The van der Waals surface area contributed by atoms with Crippen LogP contribution in [-0.2, 0) is 16.6 Å². The van der Waals surface area contributed by atoms with Crippen molar-refractivity contribution >= 4 is 12.0 Å². The Bertz CT molecular complexity index is 747. The molecule has 25 heavy (non-hydrogen) atoms. The van der Waals surface area contributed by atoms with Crippen LogP contribution >= 0.6 is 12.0 Å². The molecule has 1 aromatic carbocycles. The largest absolute Gasteiger partial charge is 0.314 e. The van der Waals surface area contributed by atoms with Gasteiger partial charge in [0.15, 0.2) is 5.82 Å². The Morgan fingerprint density at radius 1 is 1.00 bits per heavy atom. The average Bonchev–Trinajstić information content (AvgIpc) is 2.97. The van der Waals surface area contributed by atoms with Crippen LogP contribution < -0.4 is 0 Å². The topological polar surface area (TPSA) is 39.9 Å². The fourth-order valence-electron chi connectivity index (χ4n) is 6.18. The Kier molecular flexibility index (Phi) is 3.72. The van der Waals surface area contributed by atoms with Crippen LogP contribution in [0.2, 0.25) is 0 Å². The molecule has 4 nitrogen and oxygen atoms in total. The summed E-state index contributed by atoms with van der Waals surface area (Å²) in [6.45, 7) is 0. The van der Waals surface area contributed by atoms with Crippen molar-refractivity contribution < 1.29 is 4.18 Å². The molecule has 2 aromatic rings. The molecule has 1 aromatic heterocycles. The van der Waals surface area contributed by atoms with Crippen LogP contribution in [0.1, 0.15) is 44.3 Å². The minimum absolute atomic E-state index is 0.292. The zero-order chi connectivity index (χ0) is 17.0. The first-order valence-corrected chi connectivity index (χ1v) is 10.1. The van der Waals surface area contributed by atoms with Gasteiger partial charge >= 0.3 is 0 Å². The maximum Gasteiger partial charge on any atom is 0.163 e. The summed E-state index contributed by atoms with van der Waals surface area (Å²) in [5, 5.41) is 9.32. The zero-order valence-corrected chi connectivity index (χ0v) is 15.8. The van der Waals surface area contributed by atoms with Gasteiger partial charge in [-0.1, -0.05) is 0 Å². The lowest BCUT2D eigenvalue weighted by molar-refractivity contribution is -0.0107. The molecule has 4 aliphatic carbocycles. The summed E-state index contributed by atoms with van der Waals surface area (Å²) < 4.78 is 7.39. The first kappa shape index (κ1) is 15.9. The minimum Gasteiger partial charge on any atom is -0.314 e. The van der Waals surface area contributed by atoms with Crippen LogP contribution in [0.4, 0.5) is 0 Å². The van der Waals surface area contributed by atoms with Crippen molar-refractivity contribution in [3.8, 4) is 11.4 Å². The Morgan fingerprint density at radius 2 is 1.60 bits per heavy atom. The van der Waals surface area contributed by atoms with Gasteiger partial charge in [0.25, 0.3) is 0 Å². The van der Waals surface area contributed by atoms with Crippen molar-refractivity contribution in [1.82, 2.24) is 14.8 Å². The highest BCUT2D eigenvalue weighted by Crippen LogP contribution is 2.60. The summed E-state index contributed by atoms with van der Waals surface area (Å²) in [6, 6.07) is 8.41. The molecule has 4 bridgehead atoms. The molecule has 0 atom stereocenters. The van der Waals surface area contributed by atoms with Crippen LogP contribution in [0, 0.1) is 17.8 Å². The smallest absolute Gasteiger partial charge is 0.163 e. The highest BCUT2D eigenvalue weighted by molar-refractivity contribution is 7.94. The third-order valence-electron chi connectivity index (χ3n) is 6.68. The van der Waals surface area contributed by atoms with E-state index in [1.54, 1.807) is 7.11 Å². The monoisotopic (exact) mass is 355 g/mol. The van der Waals surface area contributed by atoms with Gasteiger partial charge in [0.1, 0.15) is 5.82 Å². The van der Waals surface area contributed by atoms with Crippen molar-refractivity contribution in [2.45, 2.75) is 48.8 Å². The first-order valence-electron chi connectivity index (χ1n) is 9.38. The molecular formula is C20H25N3OS. The Labute approximate surface area is 153 Å². The maximum atomic E-state index is 5.12. The molecule has 0 saturated heterocycles. The van der Waals surface area contributed by atoms with Crippen molar-refractivity contribution in [1.29, 1.82) is 0 Å². The van der Waals surface area contributed by atoms with E-state index >= 15 is 0 Å². The Balaban J connectivity index is 1.48. The number of nitrogens with zero attached hydrogens (tertiary/aromatic N) is 3. The summed E-state index contributed by atoms with van der Waals surface area (Å²) in [6.07, 6.45) is 8.37. The molecule has 0 unspecified atom stereocenters. The molecule has 132 valence electrons. The number of benzene rings is 1. The SMILES string of the molecule is COSc1ccc(-c2nnc(C34CC5CC(CC(C5)C3)C4)n2C)cc1. The lowest BCUT2D eigenvalue weighted by atomic mass is 9.49. The molecule has 5 heteroatoms. The van der Waals surface area contributed by atoms with Gasteiger partial charge in [-0.05, 0) is 80.5 Å². The van der Waals surface area contributed by atoms with Gasteiger partial charge in [-0.15, -0.1) is 10.2 Å². The Morgan fingerprint density at radius 3 is 2.16 bits per heavy atom. The number of hydrogen-bond donors (Lipinski definition) is 0. The number of hydrogen-bond acceptors (Lipinski definition) is 4. The molecule has 0 amide bonds. The minimum atomic E-state index is 0.292. The highest BCUT2D eigenvalue weighted by atomic mass is 32.2. The fraction of sp³-hybridized carbons (Fsp3) is 0.600. The Hall–Kier alpha value is -1.33. The van der Waals surface area contributed by atoms with Gasteiger partial charge in [0, 0.05) is 35.0 Å². The summed E-state index contributed by atoms with van der Waals surface area (Å²) in [5.41, 5.74) is 1.42. The maximum absolute atomic E-state index is 5.12. The van der Waals surface area contributed by atoms with Crippen LogP contribution in [0.15, 0.2) is 29.2 Å². The van der Waals surface area contributed by atoms with Crippen LogP contribution in [0.25, 0.3) is 11.4 Å². The number of aromatic nitrogens is 3. The van der Waals surface area contributed by atoms with Gasteiger partial charge in [0.05, 0.1) is 7.11 Å². The average molecular weight is 356 g/mol. The highest BCUT2D eigenvalue weighted by Gasteiger charge is 2.53. The zero-order valence-electron chi connectivity index (χ0n) is 14.9. The predicted molar refractivity (Wildman–Crippen MR) is 99.2 cm³/mol. The molecule has 4 fully saturated rings. The molecular weight excluding hydrogens is 330 g/mol. The van der Waals surface area contributed by atoms with Crippen LogP contribution in [0.5, 0.6) is 0 Å². The third-order valence-corrected chi connectivity index (χ3v) is 7.31. The quantitative estimate of drug-likeness (QED) is 0.751. The van der Waals surface area contributed by atoms with Gasteiger partial charge in [0.2, 0.25) is 0 Å². The van der Waals surface area contributed by atoms with Gasteiger partial charge < -0.3 is 8.75 Å². The van der Waals surface area contributed by atoms with E-state index in [-0.39, 0.29) is 0 Å². The lowest BCUT2D eigenvalue weighted by Crippen LogP contribution is -2.49. The summed E-state index contributed by atoms with van der Waals surface area (Å²) in [7, 11) is 3.85. The van der Waals surface area contributed by atoms with Gasteiger partial charge in [-0.2, -0.15) is 0 Å². The van der Waals surface area contributed by atoms with Crippen LogP contribution in [-0.4, -0.2) is 21.9 Å².